The third-order valence-electron chi connectivity index (χ3n) is 5.69. The lowest BCUT2D eigenvalue weighted by atomic mass is 9.95. The minimum atomic E-state index is -0.812. The smallest absolute Gasteiger partial charge is 0.300 e. The third kappa shape index (κ3) is 4.37. The topological polar surface area (TPSA) is 70.1 Å². The van der Waals surface area contributed by atoms with Gasteiger partial charge in [0.1, 0.15) is 11.5 Å². The highest BCUT2D eigenvalue weighted by Crippen LogP contribution is 2.43. The fraction of sp³-hybridized carbons (Fsp3) is 0.185. The molecule has 1 N–H and O–H groups in total. The Morgan fingerprint density at radius 1 is 1.03 bits per heavy atom. The summed E-state index contributed by atoms with van der Waals surface area (Å²) in [4.78, 5) is 29.9. The lowest BCUT2D eigenvalue weighted by molar-refractivity contribution is -0.132. The molecule has 1 atom stereocenters. The van der Waals surface area contributed by atoms with Gasteiger partial charge in [-0.25, -0.2) is 0 Å². The summed E-state index contributed by atoms with van der Waals surface area (Å²) in [6.45, 7) is 2.40. The Labute approximate surface area is 203 Å². The number of hydrogen-bond donors (Lipinski definition) is 1. The number of anilines is 2. The first-order valence-corrected chi connectivity index (χ1v) is 11.3. The zero-order valence-corrected chi connectivity index (χ0v) is 19.9. The van der Waals surface area contributed by atoms with Gasteiger partial charge in [-0.05, 0) is 61.0 Å². The van der Waals surface area contributed by atoms with Crippen LogP contribution in [-0.4, -0.2) is 37.5 Å². The minimum Gasteiger partial charge on any atom is -0.507 e. The molecule has 0 saturated carbocycles. The van der Waals surface area contributed by atoms with E-state index >= 15 is 0 Å². The summed E-state index contributed by atoms with van der Waals surface area (Å²) < 4.78 is 5.51. The van der Waals surface area contributed by atoms with E-state index < -0.39 is 17.7 Å². The number of amides is 1. The van der Waals surface area contributed by atoms with Crippen LogP contribution < -0.4 is 14.5 Å². The van der Waals surface area contributed by atoms with E-state index in [1.54, 1.807) is 48.5 Å². The molecule has 3 aromatic carbocycles. The second kappa shape index (κ2) is 9.61. The van der Waals surface area contributed by atoms with Crippen LogP contribution in [0.3, 0.4) is 0 Å². The molecule has 0 radical (unpaired) electrons. The number of carbonyl (C=O) groups is 2. The Hall–Kier alpha value is -3.77. The van der Waals surface area contributed by atoms with Crippen LogP contribution in [0.2, 0.25) is 5.02 Å². The second-order valence-corrected chi connectivity index (χ2v) is 8.53. The lowest BCUT2D eigenvalue weighted by Crippen LogP contribution is -2.29. The zero-order chi connectivity index (χ0) is 24.4. The van der Waals surface area contributed by atoms with E-state index in [1.165, 1.54) is 4.90 Å². The predicted molar refractivity (Wildman–Crippen MR) is 135 cm³/mol. The van der Waals surface area contributed by atoms with Gasteiger partial charge in [-0.15, -0.1) is 0 Å². The van der Waals surface area contributed by atoms with Crippen molar-refractivity contribution in [2.45, 2.75) is 13.0 Å². The van der Waals surface area contributed by atoms with E-state index in [9.17, 15) is 14.7 Å². The van der Waals surface area contributed by atoms with Crippen LogP contribution in [0.25, 0.3) is 5.76 Å². The van der Waals surface area contributed by atoms with Crippen LogP contribution in [-0.2, 0) is 9.59 Å². The molecule has 1 fully saturated rings. The van der Waals surface area contributed by atoms with Crippen molar-refractivity contribution in [3.05, 3.63) is 94.5 Å². The van der Waals surface area contributed by atoms with E-state index in [0.29, 0.717) is 34.2 Å². The van der Waals surface area contributed by atoms with Crippen molar-refractivity contribution in [1.29, 1.82) is 0 Å². The van der Waals surface area contributed by atoms with Gasteiger partial charge >= 0.3 is 0 Å². The number of nitrogens with zero attached hydrogens (tertiary/aromatic N) is 2. The zero-order valence-electron chi connectivity index (χ0n) is 19.2. The number of rotatable bonds is 6. The molecule has 4 rings (SSSR count). The van der Waals surface area contributed by atoms with Gasteiger partial charge in [-0.1, -0.05) is 35.9 Å². The maximum absolute atomic E-state index is 13.3. The Bertz CT molecular complexity index is 1250. The molecule has 0 spiro atoms. The van der Waals surface area contributed by atoms with E-state index in [-0.39, 0.29) is 11.3 Å². The Kier molecular flexibility index (Phi) is 6.61. The number of ketones is 1. The summed E-state index contributed by atoms with van der Waals surface area (Å²) in [6.07, 6.45) is 0. The first kappa shape index (κ1) is 23.4. The molecule has 174 valence electrons. The summed E-state index contributed by atoms with van der Waals surface area (Å²) >= 11 is 6.11. The average Bonchev–Trinajstić information content (AvgIpc) is 3.10. The van der Waals surface area contributed by atoms with Crippen LogP contribution in [0.5, 0.6) is 5.75 Å². The molecule has 1 aliphatic heterocycles. The normalized spacial score (nSPS) is 17.2. The molecule has 1 saturated heterocycles. The van der Waals surface area contributed by atoms with Crippen molar-refractivity contribution in [2.24, 2.45) is 0 Å². The number of Topliss-reactive ketones (excluding diaryl/α,β-unsaturated/α-hetero) is 1. The second-order valence-electron chi connectivity index (χ2n) is 8.09. The number of halogens is 1. The van der Waals surface area contributed by atoms with Crippen molar-refractivity contribution < 1.29 is 19.4 Å². The SMILES string of the molecule is CCOc1ccc(N2C(=O)C(=O)/C(=C(\O)c3cccc(Cl)c3)C2c2ccc(N(C)C)cc2)cc1. The molecule has 1 heterocycles. The fourth-order valence-corrected chi connectivity index (χ4v) is 4.22. The Morgan fingerprint density at radius 3 is 2.29 bits per heavy atom. The standard InChI is InChI=1S/C27H25ClN2O4/c1-4-34-22-14-12-21(13-15-22)30-24(17-8-10-20(11-9-17)29(2)3)23(26(32)27(30)33)25(31)18-6-5-7-19(28)16-18/h5-16,24,31H,4H2,1-3H3/b25-23-. The Morgan fingerprint density at radius 2 is 1.71 bits per heavy atom. The fourth-order valence-electron chi connectivity index (χ4n) is 4.03. The average molecular weight is 477 g/mol. The summed E-state index contributed by atoms with van der Waals surface area (Å²) in [5.41, 5.74) is 2.57. The molecule has 34 heavy (non-hydrogen) atoms. The lowest BCUT2D eigenvalue weighted by Gasteiger charge is -2.26. The quantitative estimate of drug-likeness (QED) is 0.292. The summed E-state index contributed by atoms with van der Waals surface area (Å²) in [6, 6.07) is 20.3. The van der Waals surface area contributed by atoms with E-state index in [1.807, 2.05) is 50.2 Å². The van der Waals surface area contributed by atoms with Crippen molar-refractivity contribution >= 4 is 40.4 Å². The number of hydrogen-bond acceptors (Lipinski definition) is 5. The van der Waals surface area contributed by atoms with Gasteiger partial charge < -0.3 is 14.7 Å². The van der Waals surface area contributed by atoms with Crippen LogP contribution in [0, 0.1) is 0 Å². The Balaban J connectivity index is 1.89. The summed E-state index contributed by atoms with van der Waals surface area (Å²) in [5, 5.41) is 11.6. The summed E-state index contributed by atoms with van der Waals surface area (Å²) in [7, 11) is 3.86. The number of carbonyl (C=O) groups excluding carboxylic acids is 2. The molecule has 1 aliphatic rings. The maximum Gasteiger partial charge on any atom is 0.300 e. The first-order valence-electron chi connectivity index (χ1n) is 10.9. The van der Waals surface area contributed by atoms with Crippen molar-refractivity contribution in [2.75, 3.05) is 30.5 Å². The van der Waals surface area contributed by atoms with E-state index in [2.05, 4.69) is 0 Å². The van der Waals surface area contributed by atoms with Crippen LogP contribution >= 0.6 is 11.6 Å². The van der Waals surface area contributed by atoms with Gasteiger partial charge in [-0.3, -0.25) is 14.5 Å². The maximum atomic E-state index is 13.3. The molecule has 1 unspecified atom stereocenters. The molecule has 0 bridgehead atoms. The largest absolute Gasteiger partial charge is 0.507 e. The third-order valence-corrected chi connectivity index (χ3v) is 5.93. The molecular weight excluding hydrogens is 452 g/mol. The van der Waals surface area contributed by atoms with Gasteiger partial charge in [0.25, 0.3) is 11.7 Å². The molecule has 0 aromatic heterocycles. The van der Waals surface area contributed by atoms with Crippen molar-refractivity contribution in [3.63, 3.8) is 0 Å². The highest BCUT2D eigenvalue weighted by atomic mass is 35.5. The van der Waals surface area contributed by atoms with Gasteiger partial charge in [0.05, 0.1) is 18.2 Å². The monoisotopic (exact) mass is 476 g/mol. The van der Waals surface area contributed by atoms with Crippen LogP contribution in [0.15, 0.2) is 78.4 Å². The van der Waals surface area contributed by atoms with E-state index in [0.717, 1.165) is 5.69 Å². The molecule has 3 aromatic rings. The molecule has 6 nitrogen and oxygen atoms in total. The van der Waals surface area contributed by atoms with Crippen LogP contribution in [0.1, 0.15) is 24.1 Å². The molecular formula is C27H25ClN2O4. The summed E-state index contributed by atoms with van der Waals surface area (Å²) in [5.74, 6) is -1.08. The van der Waals surface area contributed by atoms with E-state index in [4.69, 9.17) is 16.3 Å². The number of benzene rings is 3. The molecule has 7 heteroatoms. The predicted octanol–water partition coefficient (Wildman–Crippen LogP) is 5.43. The minimum absolute atomic E-state index is 0.0127. The first-order chi connectivity index (χ1) is 16.3. The van der Waals surface area contributed by atoms with Crippen molar-refractivity contribution in [1.82, 2.24) is 0 Å². The van der Waals surface area contributed by atoms with Gasteiger partial charge in [0, 0.05) is 36.1 Å². The van der Waals surface area contributed by atoms with Crippen LogP contribution in [0.4, 0.5) is 11.4 Å². The highest BCUT2D eigenvalue weighted by molar-refractivity contribution is 6.51. The number of aliphatic hydroxyl groups is 1. The number of ether oxygens (including phenoxy) is 1. The van der Waals surface area contributed by atoms with Gasteiger partial charge in [0.15, 0.2) is 0 Å². The highest BCUT2D eigenvalue weighted by Gasteiger charge is 2.47. The molecule has 1 amide bonds. The van der Waals surface area contributed by atoms with Gasteiger partial charge in [0.2, 0.25) is 0 Å². The van der Waals surface area contributed by atoms with Gasteiger partial charge in [-0.2, -0.15) is 0 Å². The molecule has 0 aliphatic carbocycles. The van der Waals surface area contributed by atoms with Crippen molar-refractivity contribution in [3.8, 4) is 5.75 Å². The number of aliphatic hydroxyl groups excluding tert-OH is 1.